The molecule has 26 heavy (non-hydrogen) atoms. The van der Waals surface area contributed by atoms with E-state index >= 15 is 0 Å². The maximum Gasteiger partial charge on any atom is 0.354 e. The van der Waals surface area contributed by atoms with E-state index < -0.39 is 17.7 Å². The summed E-state index contributed by atoms with van der Waals surface area (Å²) in [7, 11) is 0. The predicted octanol–water partition coefficient (Wildman–Crippen LogP) is 4.53. The molecule has 0 spiro atoms. The molecule has 0 aliphatic carbocycles. The molecular weight excluding hydrogens is 354 g/mol. The van der Waals surface area contributed by atoms with Crippen molar-refractivity contribution in [1.82, 2.24) is 0 Å². The third kappa shape index (κ3) is 3.59. The number of carbonyl (C=O) groups is 1. The number of aryl methyl sites for hydroxylation is 1. The van der Waals surface area contributed by atoms with Crippen LogP contribution >= 0.6 is 11.6 Å². The van der Waals surface area contributed by atoms with E-state index in [0.717, 1.165) is 11.1 Å². The summed E-state index contributed by atoms with van der Waals surface area (Å²) < 4.78 is 6.11. The van der Waals surface area contributed by atoms with Crippen LogP contribution in [0.5, 0.6) is 0 Å². The van der Waals surface area contributed by atoms with E-state index in [-0.39, 0.29) is 13.0 Å². The highest BCUT2D eigenvalue weighted by Gasteiger charge is 2.54. The van der Waals surface area contributed by atoms with Crippen LogP contribution in [0.25, 0.3) is 0 Å². The number of carboxylic acids is 1. The Balaban J connectivity index is 1.95. The lowest BCUT2D eigenvalue weighted by Crippen LogP contribution is -2.46. The zero-order valence-electron chi connectivity index (χ0n) is 14.6. The van der Waals surface area contributed by atoms with Gasteiger partial charge in [-0.3, -0.25) is 0 Å². The van der Waals surface area contributed by atoms with Crippen LogP contribution in [0.15, 0.2) is 53.7 Å². The highest BCUT2D eigenvalue weighted by atomic mass is 35.5. The maximum absolute atomic E-state index is 12.1. The molecule has 0 radical (unpaired) electrons. The number of hydrogen-bond acceptors (Lipinski definition) is 4. The van der Waals surface area contributed by atoms with Gasteiger partial charge in [0.15, 0.2) is 0 Å². The number of carboxylic acid groups (broad SMARTS) is 1. The molecule has 5 nitrogen and oxygen atoms in total. The van der Waals surface area contributed by atoms with Crippen molar-refractivity contribution in [3.63, 3.8) is 0 Å². The van der Waals surface area contributed by atoms with E-state index in [1.165, 1.54) is 0 Å². The van der Waals surface area contributed by atoms with E-state index in [1.807, 2.05) is 31.2 Å². The van der Waals surface area contributed by atoms with Crippen LogP contribution in [0.2, 0.25) is 5.02 Å². The lowest BCUT2D eigenvalue weighted by atomic mass is 9.86. The van der Waals surface area contributed by atoms with Crippen LogP contribution in [-0.2, 0) is 21.0 Å². The van der Waals surface area contributed by atoms with Crippen molar-refractivity contribution in [2.45, 2.75) is 38.6 Å². The molecule has 2 aromatic carbocycles. The Kier molecular flexibility index (Phi) is 5.30. The fourth-order valence-electron chi connectivity index (χ4n) is 3.05. The predicted molar refractivity (Wildman–Crippen MR) is 99.3 cm³/mol. The van der Waals surface area contributed by atoms with E-state index in [0.29, 0.717) is 16.3 Å². The Morgan fingerprint density at radius 1 is 1.27 bits per heavy atom. The summed E-state index contributed by atoms with van der Waals surface area (Å²) in [5.41, 5.74) is 1.76. The number of benzene rings is 2. The summed E-state index contributed by atoms with van der Waals surface area (Å²) in [6, 6.07) is 14.7. The SMILES string of the molecule is CC1=NOC(C(=O)O)(C(OCc2ccccc2C)c2ccc(Cl)cc2)C1. The summed E-state index contributed by atoms with van der Waals surface area (Å²) in [6.45, 7) is 3.99. The molecule has 6 heteroatoms. The van der Waals surface area contributed by atoms with Gasteiger partial charge in [0.1, 0.15) is 6.10 Å². The first kappa shape index (κ1) is 18.4. The second-order valence-corrected chi connectivity index (χ2v) is 6.89. The minimum absolute atomic E-state index is 0.156. The largest absolute Gasteiger partial charge is 0.478 e. The molecule has 1 N–H and O–H groups in total. The van der Waals surface area contributed by atoms with Crippen LogP contribution < -0.4 is 0 Å². The molecule has 0 amide bonds. The Bertz CT molecular complexity index is 834. The molecule has 1 heterocycles. The van der Waals surface area contributed by atoms with Gasteiger partial charge in [-0.15, -0.1) is 0 Å². The average molecular weight is 374 g/mol. The number of hydrogen-bond donors (Lipinski definition) is 1. The Morgan fingerprint density at radius 3 is 2.54 bits per heavy atom. The summed E-state index contributed by atoms with van der Waals surface area (Å²) in [5.74, 6) is -1.11. The summed E-state index contributed by atoms with van der Waals surface area (Å²) >= 11 is 5.98. The van der Waals surface area contributed by atoms with Gasteiger partial charge in [0.2, 0.25) is 0 Å². The molecule has 2 unspecified atom stereocenters. The second kappa shape index (κ2) is 7.48. The van der Waals surface area contributed by atoms with Gasteiger partial charge < -0.3 is 14.7 Å². The first-order valence-corrected chi connectivity index (χ1v) is 8.67. The second-order valence-electron chi connectivity index (χ2n) is 6.46. The van der Waals surface area contributed by atoms with Gasteiger partial charge >= 0.3 is 5.97 Å². The quantitative estimate of drug-likeness (QED) is 0.807. The smallest absolute Gasteiger partial charge is 0.354 e. The van der Waals surface area contributed by atoms with Crippen molar-refractivity contribution >= 4 is 23.3 Å². The van der Waals surface area contributed by atoms with E-state index in [4.69, 9.17) is 21.2 Å². The van der Waals surface area contributed by atoms with Crippen molar-refractivity contribution in [2.75, 3.05) is 0 Å². The molecule has 0 saturated carbocycles. The number of oxime groups is 1. The normalized spacial score (nSPS) is 20.3. The van der Waals surface area contributed by atoms with E-state index in [9.17, 15) is 9.90 Å². The van der Waals surface area contributed by atoms with Gasteiger partial charge in [0.25, 0.3) is 5.60 Å². The van der Waals surface area contributed by atoms with Crippen LogP contribution in [0.3, 0.4) is 0 Å². The maximum atomic E-state index is 12.1. The third-order valence-electron chi connectivity index (χ3n) is 4.51. The summed E-state index contributed by atoms with van der Waals surface area (Å²) in [6.07, 6.45) is -0.679. The van der Waals surface area contributed by atoms with Crippen LogP contribution in [0, 0.1) is 6.92 Å². The zero-order valence-corrected chi connectivity index (χ0v) is 15.4. The first-order valence-electron chi connectivity index (χ1n) is 8.29. The minimum atomic E-state index is -1.60. The van der Waals surface area contributed by atoms with Crippen LogP contribution in [0.4, 0.5) is 0 Å². The highest BCUT2D eigenvalue weighted by molar-refractivity contribution is 6.30. The molecule has 0 fully saturated rings. The lowest BCUT2D eigenvalue weighted by molar-refractivity contribution is -0.187. The van der Waals surface area contributed by atoms with E-state index in [2.05, 4.69) is 5.16 Å². The molecule has 2 aromatic rings. The Morgan fingerprint density at radius 2 is 1.96 bits per heavy atom. The van der Waals surface area contributed by atoms with Crippen molar-refractivity contribution in [1.29, 1.82) is 0 Å². The summed E-state index contributed by atoms with van der Waals surface area (Å²) in [4.78, 5) is 17.5. The number of halogens is 1. The third-order valence-corrected chi connectivity index (χ3v) is 4.76. The number of nitrogens with zero attached hydrogens (tertiary/aromatic N) is 1. The van der Waals surface area contributed by atoms with Gasteiger partial charge in [0, 0.05) is 11.4 Å². The topological polar surface area (TPSA) is 68.1 Å². The molecule has 0 bridgehead atoms. The monoisotopic (exact) mass is 373 g/mol. The molecule has 0 saturated heterocycles. The van der Waals surface area contributed by atoms with E-state index in [1.54, 1.807) is 31.2 Å². The standard InChI is InChI=1S/C20H20ClNO4/c1-13-5-3-4-6-16(13)12-25-18(15-7-9-17(21)10-8-15)20(19(23)24)11-14(2)22-26-20/h3-10,18H,11-12H2,1-2H3,(H,23,24). The van der Waals surface area contributed by atoms with Crippen molar-refractivity contribution in [3.8, 4) is 0 Å². The average Bonchev–Trinajstić information content (AvgIpc) is 3.01. The molecule has 1 aliphatic heterocycles. The molecule has 3 rings (SSSR count). The molecular formula is C20H20ClNO4. The molecule has 136 valence electrons. The first-order chi connectivity index (χ1) is 12.4. The number of aliphatic carboxylic acids is 1. The van der Waals surface area contributed by atoms with Crippen molar-refractivity contribution < 1.29 is 19.5 Å². The number of rotatable bonds is 6. The highest BCUT2D eigenvalue weighted by Crippen LogP contribution is 2.40. The van der Waals surface area contributed by atoms with Gasteiger partial charge in [-0.25, -0.2) is 4.79 Å². The van der Waals surface area contributed by atoms with Crippen molar-refractivity contribution in [2.24, 2.45) is 5.16 Å². The lowest BCUT2D eigenvalue weighted by Gasteiger charge is -2.31. The Hall–Kier alpha value is -2.37. The van der Waals surface area contributed by atoms with Gasteiger partial charge in [-0.1, -0.05) is 53.2 Å². The van der Waals surface area contributed by atoms with Crippen LogP contribution in [-0.4, -0.2) is 22.4 Å². The summed E-state index contributed by atoms with van der Waals surface area (Å²) in [5, 5.41) is 14.4. The zero-order chi connectivity index (χ0) is 18.7. The van der Waals surface area contributed by atoms with Gasteiger partial charge in [0.05, 0.1) is 12.3 Å². The molecule has 0 aromatic heterocycles. The minimum Gasteiger partial charge on any atom is -0.478 e. The fraction of sp³-hybridized carbons (Fsp3) is 0.300. The number of ether oxygens (including phenoxy) is 1. The Labute approximate surface area is 157 Å². The molecule has 2 atom stereocenters. The van der Waals surface area contributed by atoms with Crippen LogP contribution in [0.1, 0.15) is 36.1 Å². The molecule has 1 aliphatic rings. The van der Waals surface area contributed by atoms with Gasteiger partial charge in [-0.05, 0) is 42.7 Å². The van der Waals surface area contributed by atoms with Gasteiger partial charge in [-0.2, -0.15) is 0 Å². The fourth-order valence-corrected chi connectivity index (χ4v) is 3.18. The van der Waals surface area contributed by atoms with Crippen molar-refractivity contribution in [3.05, 3.63) is 70.2 Å².